The molecule has 0 saturated heterocycles. The second-order valence-electron chi connectivity index (χ2n) is 25.5. The molecule has 0 unspecified atom stereocenters. The highest BCUT2D eigenvalue weighted by Gasteiger charge is 2.42. The van der Waals surface area contributed by atoms with Crippen LogP contribution in [0.2, 0.25) is 0 Å². The zero-order chi connectivity index (χ0) is 55.8. The molecule has 398 valence electrons. The van der Waals surface area contributed by atoms with Crippen molar-refractivity contribution < 1.29 is 5.11 Å². The van der Waals surface area contributed by atoms with Gasteiger partial charge in [0.25, 0.3) is 0 Å². The van der Waals surface area contributed by atoms with Crippen molar-refractivity contribution in [1.82, 2.24) is 19.1 Å². The van der Waals surface area contributed by atoms with Crippen molar-refractivity contribution >= 4 is 32.8 Å². The SMILES string of the molecule is CC(C)c1cccc(C(C)C)c1-n1c(-c2cc(-c3cccc(-c4cc(-c5cc(C(C)(C)C)cc(C(C)(C)C)c5)ccc4O)n3)c3c(c2)c2cc4c(cc2n3-c2ccccc2)C2c3ccccc3C4c3ccccc32)nc2ccccc21. The smallest absolute Gasteiger partial charge is 0.145 e. The molecule has 0 aliphatic heterocycles. The lowest BCUT2D eigenvalue weighted by Crippen LogP contribution is -2.27. The van der Waals surface area contributed by atoms with E-state index < -0.39 is 0 Å². The molecule has 3 aliphatic rings. The predicted octanol–water partition coefficient (Wildman–Crippen LogP) is 19.7. The first kappa shape index (κ1) is 50.4. The van der Waals surface area contributed by atoms with Gasteiger partial charge in [0.2, 0.25) is 0 Å². The van der Waals surface area contributed by atoms with Gasteiger partial charge in [-0.3, -0.25) is 4.57 Å². The first-order valence-electron chi connectivity index (χ1n) is 29.0. The van der Waals surface area contributed by atoms with Crippen LogP contribution in [0.5, 0.6) is 5.75 Å². The van der Waals surface area contributed by atoms with Crippen LogP contribution in [0, 0.1) is 0 Å². The summed E-state index contributed by atoms with van der Waals surface area (Å²) in [6.45, 7) is 22.9. The van der Waals surface area contributed by atoms with Gasteiger partial charge in [-0.15, -0.1) is 0 Å². The lowest BCUT2D eigenvalue weighted by atomic mass is 9.61. The third kappa shape index (κ3) is 8.10. The minimum Gasteiger partial charge on any atom is -0.507 e. The number of nitrogens with zero attached hydrogens (tertiary/aromatic N) is 4. The summed E-state index contributed by atoms with van der Waals surface area (Å²) in [7, 11) is 0. The maximum Gasteiger partial charge on any atom is 0.145 e. The summed E-state index contributed by atoms with van der Waals surface area (Å²) in [6.07, 6.45) is 0. The number of rotatable bonds is 8. The fourth-order valence-electron chi connectivity index (χ4n) is 13.5. The van der Waals surface area contributed by atoms with Crippen LogP contribution in [0.4, 0.5) is 0 Å². The molecule has 12 aromatic rings. The fraction of sp³-hybridized carbons (Fsp3) is 0.211. The van der Waals surface area contributed by atoms with Crippen LogP contribution < -0.4 is 0 Å². The highest BCUT2D eigenvalue weighted by molar-refractivity contribution is 6.16. The van der Waals surface area contributed by atoms with Crippen LogP contribution in [0.3, 0.4) is 0 Å². The number of phenolic OH excluding ortho intramolecular Hbond substituents is 1. The van der Waals surface area contributed by atoms with E-state index in [-0.39, 0.29) is 40.3 Å². The average Bonchev–Trinajstić information content (AvgIpc) is 4.27. The highest BCUT2D eigenvalue weighted by Crippen LogP contribution is 2.57. The molecule has 5 heteroatoms. The molecule has 9 aromatic carbocycles. The van der Waals surface area contributed by atoms with Gasteiger partial charge in [0.1, 0.15) is 11.6 Å². The lowest BCUT2D eigenvalue weighted by molar-refractivity contribution is 0.477. The zero-order valence-corrected chi connectivity index (χ0v) is 48.1. The molecule has 2 bridgehead atoms. The zero-order valence-electron chi connectivity index (χ0n) is 48.1. The lowest BCUT2D eigenvalue weighted by Gasteiger charge is -2.42. The molecule has 0 amide bonds. The number of hydrogen-bond donors (Lipinski definition) is 1. The Morgan fingerprint density at radius 2 is 0.963 bits per heavy atom. The molecular formula is C76H68N4O. The summed E-state index contributed by atoms with van der Waals surface area (Å²) in [5.41, 5.74) is 26.1. The molecule has 81 heavy (non-hydrogen) atoms. The van der Waals surface area contributed by atoms with Crippen LogP contribution in [-0.4, -0.2) is 24.2 Å². The Balaban J connectivity index is 1.08. The molecule has 5 nitrogen and oxygen atoms in total. The molecule has 3 heterocycles. The summed E-state index contributed by atoms with van der Waals surface area (Å²) in [5, 5.41) is 14.3. The quantitative estimate of drug-likeness (QED) is 0.165. The molecule has 0 atom stereocenters. The predicted molar refractivity (Wildman–Crippen MR) is 337 cm³/mol. The summed E-state index contributed by atoms with van der Waals surface area (Å²) < 4.78 is 4.93. The molecular weight excluding hydrogens is 985 g/mol. The molecule has 0 saturated carbocycles. The molecule has 3 aliphatic carbocycles. The Morgan fingerprint density at radius 1 is 0.420 bits per heavy atom. The normalized spacial score (nSPS) is 14.8. The Hall–Kier alpha value is -8.80. The monoisotopic (exact) mass is 1050 g/mol. The standard InChI is InChI=1S/C76H68N4O/c1-44(2)52-28-20-29-53(45(3)4)72(52)80-67-33-19-18-30-66(67)78-74(80)48-39-61-58-42-59-60(71-56-26-16-14-24-54(56)70(59)55-25-15-17-27-57(55)71)43-68(58)79(51-22-12-11-13-23-51)73(61)63(40-48)65-32-21-31-64(77-65)62-38-46(34-35-69(62)81)47-36-49(75(5,6)7)41-50(37-47)76(8,9)10/h11-45,70-71,81H,1-10H3. The van der Waals surface area contributed by atoms with E-state index in [1.165, 1.54) is 66.7 Å². The van der Waals surface area contributed by atoms with E-state index in [1.54, 1.807) is 0 Å². The molecule has 3 aromatic heterocycles. The maximum absolute atomic E-state index is 12.0. The van der Waals surface area contributed by atoms with E-state index in [1.807, 2.05) is 18.2 Å². The van der Waals surface area contributed by atoms with Crippen LogP contribution in [0.25, 0.3) is 89.2 Å². The second kappa shape index (κ2) is 18.6. The second-order valence-corrected chi connectivity index (χ2v) is 25.5. The van der Waals surface area contributed by atoms with Crippen molar-refractivity contribution in [1.29, 1.82) is 0 Å². The number of benzene rings is 9. The number of hydrogen-bond acceptors (Lipinski definition) is 3. The van der Waals surface area contributed by atoms with Gasteiger partial charge < -0.3 is 9.67 Å². The van der Waals surface area contributed by atoms with E-state index >= 15 is 0 Å². The number of phenols is 1. The summed E-state index contributed by atoms with van der Waals surface area (Å²) >= 11 is 0. The fourth-order valence-corrected chi connectivity index (χ4v) is 13.5. The first-order valence-corrected chi connectivity index (χ1v) is 29.0. The minimum atomic E-state index is -0.0545. The third-order valence-corrected chi connectivity index (χ3v) is 17.6. The van der Waals surface area contributed by atoms with Gasteiger partial charge in [0.15, 0.2) is 0 Å². The Kier molecular flexibility index (Phi) is 11.6. The largest absolute Gasteiger partial charge is 0.507 e. The first-order chi connectivity index (χ1) is 39.0. The van der Waals surface area contributed by atoms with Gasteiger partial charge in [-0.2, -0.15) is 0 Å². The van der Waals surface area contributed by atoms with Gasteiger partial charge in [-0.1, -0.05) is 197 Å². The highest BCUT2D eigenvalue weighted by atomic mass is 16.3. The van der Waals surface area contributed by atoms with Gasteiger partial charge in [-0.25, -0.2) is 9.97 Å². The molecule has 15 rings (SSSR count). The number of fused-ring (bicyclic) bond motifs is 4. The molecule has 0 spiro atoms. The van der Waals surface area contributed by atoms with Crippen LogP contribution in [0.1, 0.15) is 149 Å². The van der Waals surface area contributed by atoms with Gasteiger partial charge in [0.05, 0.1) is 39.1 Å². The van der Waals surface area contributed by atoms with Crippen molar-refractivity contribution in [3.8, 4) is 62.2 Å². The number of imidazole rings is 1. The van der Waals surface area contributed by atoms with Crippen LogP contribution >= 0.6 is 0 Å². The van der Waals surface area contributed by atoms with Gasteiger partial charge >= 0.3 is 0 Å². The van der Waals surface area contributed by atoms with Crippen molar-refractivity contribution in [3.05, 3.63) is 256 Å². The number of para-hydroxylation sites is 4. The maximum atomic E-state index is 12.0. The van der Waals surface area contributed by atoms with E-state index in [0.717, 1.165) is 66.9 Å². The summed E-state index contributed by atoms with van der Waals surface area (Å²) in [4.78, 5) is 11.3. The van der Waals surface area contributed by atoms with Gasteiger partial charge in [-0.05, 0) is 162 Å². The van der Waals surface area contributed by atoms with Crippen LogP contribution in [-0.2, 0) is 10.8 Å². The molecule has 0 radical (unpaired) electrons. The van der Waals surface area contributed by atoms with Crippen molar-refractivity contribution in [2.45, 2.75) is 104 Å². The third-order valence-electron chi connectivity index (χ3n) is 17.6. The van der Waals surface area contributed by atoms with Crippen LogP contribution in [0.15, 0.2) is 200 Å². The Labute approximate surface area is 476 Å². The van der Waals surface area contributed by atoms with Crippen molar-refractivity contribution in [2.24, 2.45) is 0 Å². The van der Waals surface area contributed by atoms with Gasteiger partial charge in [0, 0.05) is 45.0 Å². The number of aromatic nitrogens is 4. The Bertz CT molecular complexity index is 4410. The molecule has 0 fully saturated rings. The summed E-state index contributed by atoms with van der Waals surface area (Å²) in [5.74, 6) is 1.79. The number of aromatic hydroxyl groups is 1. The van der Waals surface area contributed by atoms with E-state index in [0.29, 0.717) is 11.3 Å². The van der Waals surface area contributed by atoms with Crippen molar-refractivity contribution in [3.63, 3.8) is 0 Å². The van der Waals surface area contributed by atoms with E-state index in [4.69, 9.17) is 9.97 Å². The van der Waals surface area contributed by atoms with E-state index in [2.05, 4.69) is 260 Å². The molecule has 1 N–H and O–H groups in total. The number of pyridine rings is 1. The van der Waals surface area contributed by atoms with Crippen molar-refractivity contribution in [2.75, 3.05) is 0 Å². The topological polar surface area (TPSA) is 55.9 Å². The average molecular weight is 1050 g/mol. The minimum absolute atomic E-state index is 0.0545. The van der Waals surface area contributed by atoms with E-state index in [9.17, 15) is 5.11 Å². The Morgan fingerprint density at radius 3 is 1.57 bits per heavy atom. The summed E-state index contributed by atoms with van der Waals surface area (Å²) in [6, 6.07) is 73.6.